The molecule has 2 aromatic rings. The lowest BCUT2D eigenvalue weighted by Crippen LogP contribution is -2.21. The molecule has 0 spiro atoms. The number of fused-ring (bicyclic) bond motifs is 3. The monoisotopic (exact) mass is 436 g/mol. The molecular formula is C27H36N2O3. The van der Waals surface area contributed by atoms with Gasteiger partial charge in [-0.1, -0.05) is 12.1 Å². The van der Waals surface area contributed by atoms with Crippen molar-refractivity contribution in [3.63, 3.8) is 0 Å². The van der Waals surface area contributed by atoms with Crippen molar-refractivity contribution in [2.45, 2.75) is 44.6 Å². The van der Waals surface area contributed by atoms with Gasteiger partial charge in [0.1, 0.15) is 17.6 Å². The molecule has 5 rings (SSSR count). The summed E-state index contributed by atoms with van der Waals surface area (Å²) in [5.41, 5.74) is 4.03. The Labute approximate surface area is 191 Å². The van der Waals surface area contributed by atoms with Crippen molar-refractivity contribution in [1.29, 1.82) is 0 Å². The predicted molar refractivity (Wildman–Crippen MR) is 128 cm³/mol. The average Bonchev–Trinajstić information content (AvgIpc) is 3.57. The number of ether oxygens (including phenoxy) is 2. The first-order valence-corrected chi connectivity index (χ1v) is 12.4. The Balaban J connectivity index is 1.18. The largest absolute Gasteiger partial charge is 0.494 e. The molecule has 2 aromatic carbocycles. The lowest BCUT2D eigenvalue weighted by atomic mass is 10.1. The van der Waals surface area contributed by atoms with Gasteiger partial charge in [0.15, 0.2) is 0 Å². The first-order chi connectivity index (χ1) is 15.8. The van der Waals surface area contributed by atoms with Crippen LogP contribution in [0.4, 0.5) is 0 Å². The Morgan fingerprint density at radius 2 is 1.12 bits per heavy atom. The van der Waals surface area contributed by atoms with Crippen LogP contribution < -0.4 is 9.47 Å². The van der Waals surface area contributed by atoms with E-state index < -0.39 is 6.10 Å². The van der Waals surface area contributed by atoms with Gasteiger partial charge in [-0.05, 0) is 111 Å². The van der Waals surface area contributed by atoms with Crippen LogP contribution in [0.3, 0.4) is 0 Å². The predicted octanol–water partition coefficient (Wildman–Crippen LogP) is 4.48. The maximum Gasteiger partial charge on any atom is 0.119 e. The van der Waals surface area contributed by atoms with Crippen LogP contribution >= 0.6 is 0 Å². The average molecular weight is 437 g/mol. The van der Waals surface area contributed by atoms with Crippen LogP contribution in [0.25, 0.3) is 11.1 Å². The summed E-state index contributed by atoms with van der Waals surface area (Å²) in [6.45, 7) is 8.62. The molecule has 2 aliphatic heterocycles. The molecule has 5 nitrogen and oxygen atoms in total. The van der Waals surface area contributed by atoms with Gasteiger partial charge in [-0.3, -0.25) is 0 Å². The molecule has 0 unspecified atom stereocenters. The van der Waals surface area contributed by atoms with E-state index in [-0.39, 0.29) is 0 Å². The number of benzene rings is 2. The molecule has 0 bridgehead atoms. The van der Waals surface area contributed by atoms with E-state index in [1.165, 1.54) is 51.9 Å². The smallest absolute Gasteiger partial charge is 0.119 e. The summed E-state index contributed by atoms with van der Waals surface area (Å²) in [6.07, 6.45) is 6.84. The molecular weight excluding hydrogens is 400 g/mol. The summed E-state index contributed by atoms with van der Waals surface area (Å²) in [5, 5.41) is 10.8. The number of rotatable bonds is 10. The fourth-order valence-electron chi connectivity index (χ4n) is 5.33. The third-order valence-electron chi connectivity index (χ3n) is 7.10. The first-order valence-electron chi connectivity index (χ1n) is 12.4. The molecule has 0 atom stereocenters. The highest BCUT2D eigenvalue weighted by Crippen LogP contribution is 2.46. The molecule has 2 heterocycles. The minimum atomic E-state index is -0.576. The van der Waals surface area contributed by atoms with E-state index in [0.29, 0.717) is 0 Å². The molecule has 3 aliphatic rings. The van der Waals surface area contributed by atoms with Gasteiger partial charge in [0.2, 0.25) is 0 Å². The van der Waals surface area contributed by atoms with E-state index >= 15 is 0 Å². The topological polar surface area (TPSA) is 45.2 Å². The van der Waals surface area contributed by atoms with Crippen molar-refractivity contribution in [2.24, 2.45) is 0 Å². The molecule has 2 saturated heterocycles. The lowest BCUT2D eigenvalue weighted by Gasteiger charge is -2.15. The van der Waals surface area contributed by atoms with Crippen LogP contribution in [0.15, 0.2) is 36.4 Å². The number of likely N-dealkylation sites (tertiary alicyclic amines) is 2. The maximum atomic E-state index is 10.8. The summed E-state index contributed by atoms with van der Waals surface area (Å²) in [6, 6.07) is 12.1. The second-order valence-corrected chi connectivity index (χ2v) is 9.40. The Hall–Kier alpha value is -2.08. The fourth-order valence-corrected chi connectivity index (χ4v) is 5.33. The van der Waals surface area contributed by atoms with E-state index in [4.69, 9.17) is 9.47 Å². The van der Waals surface area contributed by atoms with Gasteiger partial charge < -0.3 is 24.4 Å². The SMILES string of the molecule is OC1c2ccc(OCCCN3CCCC3)cc2-c2cc(OCCCN3CCCC3)ccc21. The van der Waals surface area contributed by atoms with Gasteiger partial charge in [0.25, 0.3) is 0 Å². The molecule has 1 aliphatic carbocycles. The van der Waals surface area contributed by atoms with Crippen molar-refractivity contribution in [2.75, 3.05) is 52.5 Å². The Morgan fingerprint density at radius 3 is 1.56 bits per heavy atom. The molecule has 2 fully saturated rings. The zero-order chi connectivity index (χ0) is 21.8. The number of aliphatic hydroxyl groups excluding tert-OH is 1. The van der Waals surface area contributed by atoms with Crippen LogP contribution in [0.1, 0.15) is 55.8 Å². The highest BCUT2D eigenvalue weighted by atomic mass is 16.5. The van der Waals surface area contributed by atoms with Crippen molar-refractivity contribution in [3.05, 3.63) is 47.5 Å². The van der Waals surface area contributed by atoms with Crippen molar-refractivity contribution >= 4 is 0 Å². The van der Waals surface area contributed by atoms with Gasteiger partial charge in [-0.15, -0.1) is 0 Å². The van der Waals surface area contributed by atoms with Gasteiger partial charge in [-0.2, -0.15) is 0 Å². The standard InChI is InChI=1S/C27H36N2O3/c30-27-23-9-7-21(31-17-5-15-28-11-1-2-12-28)19-25(23)26-20-22(8-10-24(26)27)32-18-6-16-29-13-3-4-14-29/h7-10,19-20,27,30H,1-6,11-18H2. The summed E-state index contributed by atoms with van der Waals surface area (Å²) in [4.78, 5) is 5.04. The minimum Gasteiger partial charge on any atom is -0.494 e. The van der Waals surface area contributed by atoms with Gasteiger partial charge in [0, 0.05) is 13.1 Å². The Kier molecular flexibility index (Phi) is 6.96. The third-order valence-corrected chi connectivity index (χ3v) is 7.10. The number of hydrogen-bond donors (Lipinski definition) is 1. The Bertz CT molecular complexity index is 830. The molecule has 0 aromatic heterocycles. The second kappa shape index (κ2) is 10.2. The van der Waals surface area contributed by atoms with Gasteiger partial charge in [-0.25, -0.2) is 0 Å². The van der Waals surface area contributed by atoms with E-state index in [2.05, 4.69) is 21.9 Å². The number of aliphatic hydroxyl groups is 1. The highest BCUT2D eigenvalue weighted by Gasteiger charge is 2.28. The first kappa shape index (κ1) is 21.7. The van der Waals surface area contributed by atoms with E-state index in [9.17, 15) is 5.11 Å². The van der Waals surface area contributed by atoms with Crippen LogP contribution in [0.2, 0.25) is 0 Å². The van der Waals surface area contributed by atoms with E-state index in [0.717, 1.165) is 72.9 Å². The molecule has 0 radical (unpaired) electrons. The van der Waals surface area contributed by atoms with E-state index in [1.54, 1.807) is 0 Å². The molecule has 5 heteroatoms. The molecule has 172 valence electrons. The molecule has 32 heavy (non-hydrogen) atoms. The minimum absolute atomic E-state index is 0.576. The Morgan fingerprint density at radius 1 is 0.688 bits per heavy atom. The second-order valence-electron chi connectivity index (χ2n) is 9.40. The molecule has 1 N–H and O–H groups in total. The lowest BCUT2D eigenvalue weighted by molar-refractivity contribution is 0.224. The zero-order valence-electron chi connectivity index (χ0n) is 19.1. The maximum absolute atomic E-state index is 10.8. The summed E-state index contributed by atoms with van der Waals surface area (Å²) >= 11 is 0. The van der Waals surface area contributed by atoms with Crippen LogP contribution in [-0.4, -0.2) is 67.4 Å². The normalized spacial score (nSPS) is 18.8. The number of nitrogens with zero attached hydrogens (tertiary/aromatic N) is 2. The van der Waals surface area contributed by atoms with Crippen LogP contribution in [-0.2, 0) is 0 Å². The number of hydrogen-bond acceptors (Lipinski definition) is 5. The van der Waals surface area contributed by atoms with Crippen LogP contribution in [0.5, 0.6) is 11.5 Å². The summed E-state index contributed by atoms with van der Waals surface area (Å²) in [7, 11) is 0. The van der Waals surface area contributed by atoms with Gasteiger partial charge in [0.05, 0.1) is 13.2 Å². The quantitative estimate of drug-likeness (QED) is 0.557. The summed E-state index contributed by atoms with van der Waals surface area (Å²) in [5.74, 6) is 1.75. The van der Waals surface area contributed by atoms with E-state index in [1.807, 2.05) is 24.3 Å². The van der Waals surface area contributed by atoms with Crippen molar-refractivity contribution in [1.82, 2.24) is 9.80 Å². The van der Waals surface area contributed by atoms with Crippen LogP contribution in [0, 0.1) is 0 Å². The summed E-state index contributed by atoms with van der Waals surface area (Å²) < 4.78 is 12.1. The molecule has 0 saturated carbocycles. The van der Waals surface area contributed by atoms with Crippen molar-refractivity contribution < 1.29 is 14.6 Å². The molecule has 0 amide bonds. The van der Waals surface area contributed by atoms with Gasteiger partial charge >= 0.3 is 0 Å². The highest BCUT2D eigenvalue weighted by molar-refractivity contribution is 5.80. The fraction of sp³-hybridized carbons (Fsp3) is 0.556. The van der Waals surface area contributed by atoms with Crippen molar-refractivity contribution in [3.8, 4) is 22.6 Å². The zero-order valence-corrected chi connectivity index (χ0v) is 19.1. The third kappa shape index (κ3) is 4.95.